The predicted molar refractivity (Wildman–Crippen MR) is 73.9 cm³/mol. The van der Waals surface area contributed by atoms with E-state index in [4.69, 9.17) is 5.11 Å². The number of rotatable bonds is 8. The van der Waals surface area contributed by atoms with Crippen LogP contribution in [0.5, 0.6) is 0 Å². The van der Waals surface area contributed by atoms with E-state index in [2.05, 4.69) is 26.0 Å². The van der Waals surface area contributed by atoms with Crippen molar-refractivity contribution < 1.29 is 10.2 Å². The molecule has 0 aromatic carbocycles. The summed E-state index contributed by atoms with van der Waals surface area (Å²) in [6.45, 7) is 6.46. The third-order valence-electron chi connectivity index (χ3n) is 2.63. The van der Waals surface area contributed by atoms with Gasteiger partial charge in [-0.25, -0.2) is 0 Å². The largest absolute Gasteiger partial charge is 0.392 e. The van der Waals surface area contributed by atoms with Crippen molar-refractivity contribution in [2.24, 2.45) is 0 Å². The Bertz CT molecular complexity index is 281. The van der Waals surface area contributed by atoms with Crippen LogP contribution in [0.3, 0.4) is 0 Å². The molecule has 0 bridgehead atoms. The zero-order chi connectivity index (χ0) is 13.1. The molecule has 0 aliphatic carbocycles. The Hall–Kier alpha value is -0.860. The number of hydrogen-bond acceptors (Lipinski definition) is 2. The number of aliphatic hydroxyl groups is 2. The van der Waals surface area contributed by atoms with Crippen LogP contribution in [-0.4, -0.2) is 23.4 Å². The molecule has 17 heavy (non-hydrogen) atoms. The molecule has 2 nitrogen and oxygen atoms in total. The van der Waals surface area contributed by atoms with Gasteiger partial charge in [0.1, 0.15) is 0 Å². The van der Waals surface area contributed by atoms with Gasteiger partial charge in [-0.05, 0) is 52.0 Å². The summed E-state index contributed by atoms with van der Waals surface area (Å²) in [6.07, 6.45) is 9.97. The lowest BCUT2D eigenvalue weighted by molar-refractivity contribution is 0.326. The third-order valence-corrected chi connectivity index (χ3v) is 2.63. The maximum Gasteiger partial charge on any atom is 0.0641 e. The van der Waals surface area contributed by atoms with Crippen LogP contribution in [0.25, 0.3) is 0 Å². The van der Waals surface area contributed by atoms with Gasteiger partial charge in [0, 0.05) is 0 Å². The summed E-state index contributed by atoms with van der Waals surface area (Å²) in [5.74, 6) is 0. The van der Waals surface area contributed by atoms with Crippen molar-refractivity contribution in [1.29, 1.82) is 0 Å². The van der Waals surface area contributed by atoms with Crippen molar-refractivity contribution >= 4 is 0 Å². The van der Waals surface area contributed by atoms with Crippen molar-refractivity contribution in [3.8, 4) is 0 Å². The molecule has 0 saturated carbocycles. The minimum absolute atomic E-state index is 0.114. The van der Waals surface area contributed by atoms with E-state index in [1.807, 2.05) is 13.0 Å². The molecule has 0 aromatic rings. The molecule has 2 N–H and O–H groups in total. The monoisotopic (exact) mass is 238 g/mol. The second-order valence-electron chi connectivity index (χ2n) is 4.61. The van der Waals surface area contributed by atoms with E-state index in [0.717, 1.165) is 31.3 Å². The minimum atomic E-state index is 0.114. The van der Waals surface area contributed by atoms with Crippen molar-refractivity contribution in [1.82, 2.24) is 0 Å². The first-order valence-corrected chi connectivity index (χ1v) is 6.28. The molecule has 0 fully saturated rings. The molecule has 0 spiro atoms. The zero-order valence-electron chi connectivity index (χ0n) is 11.4. The van der Waals surface area contributed by atoms with Gasteiger partial charge in [0.2, 0.25) is 0 Å². The van der Waals surface area contributed by atoms with Crippen molar-refractivity contribution in [3.63, 3.8) is 0 Å². The van der Waals surface area contributed by atoms with Crippen LogP contribution in [0.2, 0.25) is 0 Å². The number of allylic oxidation sites excluding steroid dienone is 4. The normalized spacial score (nSPS) is 12.8. The highest BCUT2D eigenvalue weighted by atomic mass is 16.3. The van der Waals surface area contributed by atoms with Gasteiger partial charge in [-0.2, -0.15) is 0 Å². The Kier molecular flexibility index (Phi) is 9.78. The third kappa shape index (κ3) is 10.0. The summed E-state index contributed by atoms with van der Waals surface area (Å²) >= 11 is 0. The molecule has 0 rings (SSSR count). The second kappa shape index (κ2) is 10.3. The molecule has 0 aliphatic rings. The van der Waals surface area contributed by atoms with E-state index in [-0.39, 0.29) is 13.2 Å². The predicted octanol–water partition coefficient (Wildman–Crippen LogP) is 3.37. The van der Waals surface area contributed by atoms with Gasteiger partial charge in [-0.1, -0.05) is 29.4 Å². The lowest BCUT2D eigenvalue weighted by Crippen LogP contribution is -1.91. The number of hydrogen-bond donors (Lipinski definition) is 2. The van der Waals surface area contributed by atoms with Gasteiger partial charge in [-0.15, -0.1) is 0 Å². The SMILES string of the molecule is CC(C)=CCC/C(=C/CC/C(C)=C/CO)CO. The van der Waals surface area contributed by atoms with E-state index in [0.29, 0.717) is 0 Å². The summed E-state index contributed by atoms with van der Waals surface area (Å²) in [7, 11) is 0. The van der Waals surface area contributed by atoms with Crippen LogP contribution in [0.4, 0.5) is 0 Å². The van der Waals surface area contributed by atoms with Crippen molar-refractivity contribution in [2.45, 2.75) is 46.5 Å². The van der Waals surface area contributed by atoms with Gasteiger partial charge in [-0.3, -0.25) is 0 Å². The molecule has 0 atom stereocenters. The molecule has 0 heterocycles. The standard InChI is InChI=1S/C15H26O2/c1-13(2)6-4-8-15(12-17)9-5-7-14(3)10-11-16/h6,9-10,16-17H,4-5,7-8,11-12H2,1-3H3/b14-10+,15-9-. The molecule has 0 amide bonds. The van der Waals surface area contributed by atoms with Crippen molar-refractivity contribution in [2.75, 3.05) is 13.2 Å². The first-order chi connectivity index (χ1) is 8.10. The summed E-state index contributed by atoms with van der Waals surface area (Å²) in [4.78, 5) is 0. The van der Waals surface area contributed by atoms with Gasteiger partial charge in [0.15, 0.2) is 0 Å². The summed E-state index contributed by atoms with van der Waals surface area (Å²) < 4.78 is 0. The van der Waals surface area contributed by atoms with Crippen LogP contribution in [0.1, 0.15) is 46.5 Å². The first-order valence-electron chi connectivity index (χ1n) is 6.28. The summed E-state index contributed by atoms with van der Waals surface area (Å²) in [5, 5.41) is 17.9. The lowest BCUT2D eigenvalue weighted by atomic mass is 10.1. The molecule has 0 unspecified atom stereocenters. The molecule has 98 valence electrons. The van der Waals surface area contributed by atoms with Gasteiger partial charge >= 0.3 is 0 Å². The highest BCUT2D eigenvalue weighted by Gasteiger charge is 1.95. The Morgan fingerprint density at radius 3 is 2.06 bits per heavy atom. The van der Waals surface area contributed by atoms with Crippen LogP contribution < -0.4 is 0 Å². The Labute approximate surface area is 105 Å². The summed E-state index contributed by atoms with van der Waals surface area (Å²) in [5.41, 5.74) is 3.63. The fraction of sp³-hybridized carbons (Fsp3) is 0.600. The van der Waals surface area contributed by atoms with Crippen LogP contribution in [0.15, 0.2) is 34.9 Å². The Morgan fingerprint density at radius 2 is 1.53 bits per heavy atom. The van der Waals surface area contributed by atoms with E-state index in [1.165, 1.54) is 11.1 Å². The highest BCUT2D eigenvalue weighted by molar-refractivity contribution is 5.07. The maximum absolute atomic E-state index is 9.22. The molecule has 0 radical (unpaired) electrons. The van der Waals surface area contributed by atoms with E-state index in [1.54, 1.807) is 0 Å². The van der Waals surface area contributed by atoms with Gasteiger partial charge in [0.05, 0.1) is 13.2 Å². The molecule has 0 saturated heterocycles. The number of aliphatic hydroxyl groups excluding tert-OH is 2. The molecular weight excluding hydrogens is 212 g/mol. The van der Waals surface area contributed by atoms with E-state index >= 15 is 0 Å². The van der Waals surface area contributed by atoms with E-state index in [9.17, 15) is 5.11 Å². The topological polar surface area (TPSA) is 40.5 Å². The summed E-state index contributed by atoms with van der Waals surface area (Å²) in [6, 6.07) is 0. The Morgan fingerprint density at radius 1 is 0.882 bits per heavy atom. The average Bonchev–Trinajstić information content (AvgIpc) is 2.27. The highest BCUT2D eigenvalue weighted by Crippen LogP contribution is 2.11. The van der Waals surface area contributed by atoms with Crippen molar-refractivity contribution in [3.05, 3.63) is 34.9 Å². The fourth-order valence-corrected chi connectivity index (χ4v) is 1.55. The minimum Gasteiger partial charge on any atom is -0.392 e. The lowest BCUT2D eigenvalue weighted by Gasteiger charge is -2.03. The fourth-order valence-electron chi connectivity index (χ4n) is 1.55. The molecular formula is C15H26O2. The van der Waals surface area contributed by atoms with Crippen LogP contribution in [-0.2, 0) is 0 Å². The van der Waals surface area contributed by atoms with Crippen LogP contribution in [0, 0.1) is 0 Å². The molecule has 0 aromatic heterocycles. The average molecular weight is 238 g/mol. The quantitative estimate of drug-likeness (QED) is 0.636. The van der Waals surface area contributed by atoms with Crippen LogP contribution >= 0.6 is 0 Å². The molecule has 2 heteroatoms. The maximum atomic E-state index is 9.22. The van der Waals surface area contributed by atoms with Gasteiger partial charge < -0.3 is 10.2 Å². The zero-order valence-corrected chi connectivity index (χ0v) is 11.4. The Balaban J connectivity index is 4.01. The molecule has 0 aliphatic heterocycles. The second-order valence-corrected chi connectivity index (χ2v) is 4.61. The first kappa shape index (κ1) is 16.1. The smallest absolute Gasteiger partial charge is 0.0641 e. The van der Waals surface area contributed by atoms with Gasteiger partial charge in [0.25, 0.3) is 0 Å². The van der Waals surface area contributed by atoms with E-state index < -0.39 is 0 Å².